The van der Waals surface area contributed by atoms with Crippen LogP contribution in [-0.2, 0) is 9.59 Å². The molecule has 1 aromatic rings. The first-order valence-electron chi connectivity index (χ1n) is 6.76. The molecule has 0 saturated carbocycles. The molecule has 1 amide bonds. The molecule has 0 bridgehead atoms. The second-order valence-corrected chi connectivity index (χ2v) is 4.65. The van der Waals surface area contributed by atoms with Crippen LogP contribution in [0.4, 0.5) is 4.39 Å². The van der Waals surface area contributed by atoms with Crippen molar-refractivity contribution in [2.45, 2.75) is 25.8 Å². The standard InChI is InChI=1S/C15H18FNO5/c1-10(18)11-4-6-12(7-5-11)22-8-2-3-14(19)17-13(9-16)15(20)21/h4-7,13H,2-3,8-9H2,1H3,(H,17,19)(H,20,21). The van der Waals surface area contributed by atoms with E-state index in [9.17, 15) is 18.8 Å². The lowest BCUT2D eigenvalue weighted by atomic mass is 10.1. The number of carboxylic acids is 1. The fourth-order valence-electron chi connectivity index (χ4n) is 1.64. The molecule has 0 aliphatic rings. The van der Waals surface area contributed by atoms with Crippen molar-refractivity contribution in [3.63, 3.8) is 0 Å². The third-order valence-electron chi connectivity index (χ3n) is 2.87. The lowest BCUT2D eigenvalue weighted by molar-refractivity contribution is -0.142. The number of amides is 1. The van der Waals surface area contributed by atoms with Crippen LogP contribution in [0.25, 0.3) is 0 Å². The lowest BCUT2D eigenvalue weighted by Crippen LogP contribution is -2.42. The molecule has 0 aliphatic carbocycles. The first-order chi connectivity index (χ1) is 10.4. The summed E-state index contributed by atoms with van der Waals surface area (Å²) in [5.41, 5.74) is 0.581. The van der Waals surface area contributed by atoms with Gasteiger partial charge in [-0.05, 0) is 37.6 Å². The number of hydrogen-bond acceptors (Lipinski definition) is 4. The number of Topliss-reactive ketones (excluding diaryl/α,β-unsaturated/α-hetero) is 1. The number of hydrogen-bond donors (Lipinski definition) is 2. The summed E-state index contributed by atoms with van der Waals surface area (Å²) < 4.78 is 17.7. The Labute approximate surface area is 127 Å². The van der Waals surface area contributed by atoms with Gasteiger partial charge in [-0.3, -0.25) is 9.59 Å². The van der Waals surface area contributed by atoms with Gasteiger partial charge < -0.3 is 15.2 Å². The van der Waals surface area contributed by atoms with E-state index in [0.29, 0.717) is 17.7 Å². The molecule has 0 saturated heterocycles. The van der Waals surface area contributed by atoms with E-state index >= 15 is 0 Å². The molecule has 0 aliphatic heterocycles. The Morgan fingerprint density at radius 2 is 1.91 bits per heavy atom. The maximum absolute atomic E-state index is 12.3. The molecule has 1 rings (SSSR count). The van der Waals surface area contributed by atoms with E-state index in [2.05, 4.69) is 5.32 Å². The van der Waals surface area contributed by atoms with Gasteiger partial charge in [0.2, 0.25) is 5.91 Å². The summed E-state index contributed by atoms with van der Waals surface area (Å²) in [7, 11) is 0. The molecule has 1 unspecified atom stereocenters. The maximum Gasteiger partial charge on any atom is 0.328 e. The van der Waals surface area contributed by atoms with Gasteiger partial charge in [0.05, 0.1) is 6.61 Å². The number of ether oxygens (including phenoxy) is 1. The van der Waals surface area contributed by atoms with Crippen molar-refractivity contribution in [2.75, 3.05) is 13.3 Å². The highest BCUT2D eigenvalue weighted by Gasteiger charge is 2.19. The van der Waals surface area contributed by atoms with Crippen molar-refractivity contribution < 1.29 is 28.6 Å². The van der Waals surface area contributed by atoms with Gasteiger partial charge in [-0.2, -0.15) is 0 Å². The van der Waals surface area contributed by atoms with Crippen LogP contribution in [-0.4, -0.2) is 42.1 Å². The molecule has 1 atom stereocenters. The van der Waals surface area contributed by atoms with Crippen LogP contribution in [0.2, 0.25) is 0 Å². The van der Waals surface area contributed by atoms with Crippen molar-refractivity contribution in [3.8, 4) is 5.75 Å². The zero-order valence-corrected chi connectivity index (χ0v) is 12.2. The lowest BCUT2D eigenvalue weighted by Gasteiger charge is -2.11. The Balaban J connectivity index is 2.28. The maximum atomic E-state index is 12.3. The minimum Gasteiger partial charge on any atom is -0.494 e. The first-order valence-corrected chi connectivity index (χ1v) is 6.76. The highest BCUT2D eigenvalue weighted by Crippen LogP contribution is 2.13. The van der Waals surface area contributed by atoms with Crippen molar-refractivity contribution in [1.82, 2.24) is 5.32 Å². The summed E-state index contributed by atoms with van der Waals surface area (Å²) >= 11 is 0. The fourth-order valence-corrected chi connectivity index (χ4v) is 1.64. The largest absolute Gasteiger partial charge is 0.494 e. The minimum absolute atomic E-state index is 0.0370. The minimum atomic E-state index is -1.51. The van der Waals surface area contributed by atoms with Crippen LogP contribution >= 0.6 is 0 Å². The summed E-state index contributed by atoms with van der Waals surface area (Å²) in [4.78, 5) is 33.1. The smallest absolute Gasteiger partial charge is 0.328 e. The second kappa shape index (κ2) is 8.76. The average Bonchev–Trinajstić information content (AvgIpc) is 2.49. The number of rotatable bonds is 9. The molecule has 0 heterocycles. The Bertz CT molecular complexity index is 529. The molecule has 0 spiro atoms. The molecular formula is C15H18FNO5. The number of nitrogens with one attached hydrogen (secondary N) is 1. The SMILES string of the molecule is CC(=O)c1ccc(OCCCC(=O)NC(CF)C(=O)O)cc1. The number of aliphatic carboxylic acids is 1. The Morgan fingerprint density at radius 1 is 1.27 bits per heavy atom. The van der Waals surface area contributed by atoms with Gasteiger partial charge >= 0.3 is 5.97 Å². The Hall–Kier alpha value is -2.44. The van der Waals surface area contributed by atoms with Gasteiger partial charge in [0.15, 0.2) is 11.8 Å². The molecule has 1 aromatic carbocycles. The van der Waals surface area contributed by atoms with E-state index < -0.39 is 24.6 Å². The number of ketones is 1. The zero-order valence-electron chi connectivity index (χ0n) is 12.2. The van der Waals surface area contributed by atoms with Crippen molar-refractivity contribution in [2.24, 2.45) is 0 Å². The molecule has 2 N–H and O–H groups in total. The van der Waals surface area contributed by atoms with Gasteiger partial charge in [0, 0.05) is 12.0 Å². The molecule has 22 heavy (non-hydrogen) atoms. The fraction of sp³-hybridized carbons (Fsp3) is 0.400. The van der Waals surface area contributed by atoms with Gasteiger partial charge in [-0.1, -0.05) is 0 Å². The Morgan fingerprint density at radius 3 is 2.41 bits per heavy atom. The molecular weight excluding hydrogens is 293 g/mol. The van der Waals surface area contributed by atoms with E-state index in [1.807, 2.05) is 0 Å². The van der Waals surface area contributed by atoms with Crippen LogP contribution in [0.1, 0.15) is 30.1 Å². The summed E-state index contributed by atoms with van der Waals surface area (Å²) in [5.74, 6) is -1.42. The third-order valence-corrected chi connectivity index (χ3v) is 2.87. The third kappa shape index (κ3) is 5.90. The van der Waals surface area contributed by atoms with Crippen LogP contribution in [0.15, 0.2) is 24.3 Å². The van der Waals surface area contributed by atoms with Crippen molar-refractivity contribution in [3.05, 3.63) is 29.8 Å². The molecule has 0 aromatic heterocycles. The van der Waals surface area contributed by atoms with Gasteiger partial charge in [-0.25, -0.2) is 9.18 Å². The van der Waals surface area contributed by atoms with E-state index in [1.54, 1.807) is 24.3 Å². The van der Waals surface area contributed by atoms with Crippen molar-refractivity contribution >= 4 is 17.7 Å². The number of alkyl halides is 1. The van der Waals surface area contributed by atoms with E-state index in [4.69, 9.17) is 9.84 Å². The van der Waals surface area contributed by atoms with Gasteiger partial charge in [-0.15, -0.1) is 0 Å². The van der Waals surface area contributed by atoms with Gasteiger partial charge in [0.1, 0.15) is 12.4 Å². The van der Waals surface area contributed by atoms with Crippen LogP contribution in [0.5, 0.6) is 5.75 Å². The topological polar surface area (TPSA) is 92.7 Å². The zero-order chi connectivity index (χ0) is 16.5. The van der Waals surface area contributed by atoms with E-state index in [-0.39, 0.29) is 18.8 Å². The van der Waals surface area contributed by atoms with Crippen molar-refractivity contribution in [1.29, 1.82) is 0 Å². The van der Waals surface area contributed by atoms with E-state index in [0.717, 1.165) is 0 Å². The normalized spacial score (nSPS) is 11.5. The quantitative estimate of drug-likeness (QED) is 0.533. The predicted octanol–water partition coefficient (Wildman–Crippen LogP) is 1.59. The number of benzene rings is 1. The molecule has 6 nitrogen and oxygen atoms in total. The van der Waals surface area contributed by atoms with Crippen LogP contribution in [0.3, 0.4) is 0 Å². The molecule has 0 radical (unpaired) electrons. The first kappa shape index (κ1) is 17.6. The highest BCUT2D eigenvalue weighted by atomic mass is 19.1. The average molecular weight is 311 g/mol. The molecule has 120 valence electrons. The summed E-state index contributed by atoms with van der Waals surface area (Å²) in [5, 5.41) is 10.7. The van der Waals surface area contributed by atoms with Gasteiger partial charge in [0.25, 0.3) is 0 Å². The molecule has 7 heteroatoms. The van der Waals surface area contributed by atoms with E-state index in [1.165, 1.54) is 6.92 Å². The Kier molecular flexibility index (Phi) is 7.01. The highest BCUT2D eigenvalue weighted by molar-refractivity contribution is 5.94. The monoisotopic (exact) mass is 311 g/mol. The molecule has 0 fully saturated rings. The summed E-state index contributed by atoms with van der Waals surface area (Å²) in [6.45, 7) is 0.566. The summed E-state index contributed by atoms with van der Waals surface area (Å²) in [6, 6.07) is 5.08. The van der Waals surface area contributed by atoms with Crippen LogP contribution < -0.4 is 10.1 Å². The van der Waals surface area contributed by atoms with Crippen LogP contribution in [0, 0.1) is 0 Å². The number of carbonyl (C=O) groups excluding carboxylic acids is 2. The number of carbonyl (C=O) groups is 3. The second-order valence-electron chi connectivity index (χ2n) is 4.65. The number of carboxylic acid groups (broad SMARTS) is 1. The summed E-state index contributed by atoms with van der Waals surface area (Å²) in [6.07, 6.45) is 0.397. The number of halogens is 1. The predicted molar refractivity (Wildman–Crippen MR) is 76.7 cm³/mol.